The first kappa shape index (κ1) is 17.9. The molecule has 134 valence electrons. The van der Waals surface area contributed by atoms with Crippen LogP contribution in [0.25, 0.3) is 11.5 Å². The molecule has 0 aliphatic heterocycles. The average molecular weight is 349 g/mol. The fourth-order valence-electron chi connectivity index (χ4n) is 2.84. The van der Waals surface area contributed by atoms with Gasteiger partial charge in [0.15, 0.2) is 0 Å². The second kappa shape index (κ2) is 8.94. The van der Waals surface area contributed by atoms with E-state index in [0.29, 0.717) is 24.6 Å². The molecular weight excluding hydrogens is 326 g/mol. The zero-order valence-corrected chi connectivity index (χ0v) is 14.9. The summed E-state index contributed by atoms with van der Waals surface area (Å²) in [5.41, 5.74) is 2.01. The summed E-state index contributed by atoms with van der Waals surface area (Å²) in [6.07, 6.45) is 2.67. The van der Waals surface area contributed by atoms with E-state index in [1.807, 2.05) is 60.7 Å². The molecule has 1 atom stereocenters. The van der Waals surface area contributed by atoms with Gasteiger partial charge >= 0.3 is 0 Å². The van der Waals surface area contributed by atoms with Crippen molar-refractivity contribution in [1.82, 2.24) is 15.5 Å². The van der Waals surface area contributed by atoms with Crippen LogP contribution in [-0.2, 0) is 11.2 Å². The van der Waals surface area contributed by atoms with Crippen molar-refractivity contribution in [3.05, 3.63) is 72.1 Å². The Labute approximate surface area is 153 Å². The highest BCUT2D eigenvalue weighted by Gasteiger charge is 2.15. The Bertz CT molecular complexity index is 816. The largest absolute Gasteiger partial charge is 0.421 e. The highest BCUT2D eigenvalue weighted by Crippen LogP contribution is 2.19. The molecule has 1 amide bonds. The maximum Gasteiger partial charge on any atom is 0.247 e. The van der Waals surface area contributed by atoms with Gasteiger partial charge in [0.25, 0.3) is 0 Å². The number of amides is 1. The second-order valence-corrected chi connectivity index (χ2v) is 6.19. The Kier molecular flexibility index (Phi) is 6.14. The Balaban J connectivity index is 1.56. The predicted molar refractivity (Wildman–Crippen MR) is 100 cm³/mol. The summed E-state index contributed by atoms with van der Waals surface area (Å²) in [5, 5.41) is 11.2. The third-order valence-corrected chi connectivity index (χ3v) is 4.17. The molecule has 0 bridgehead atoms. The molecule has 0 aliphatic carbocycles. The first-order chi connectivity index (χ1) is 12.8. The highest BCUT2D eigenvalue weighted by molar-refractivity contribution is 5.76. The van der Waals surface area contributed by atoms with Crippen LogP contribution in [0.5, 0.6) is 0 Å². The normalized spacial score (nSPS) is 11.9. The molecule has 0 saturated carbocycles. The number of aryl methyl sites for hydroxylation is 1. The summed E-state index contributed by atoms with van der Waals surface area (Å²) in [6.45, 7) is 2.12. The number of hydrogen-bond donors (Lipinski definition) is 1. The van der Waals surface area contributed by atoms with Gasteiger partial charge in [-0.1, -0.05) is 61.9 Å². The van der Waals surface area contributed by atoms with Crippen molar-refractivity contribution in [3.63, 3.8) is 0 Å². The van der Waals surface area contributed by atoms with Crippen LogP contribution in [0.3, 0.4) is 0 Å². The first-order valence-corrected chi connectivity index (χ1v) is 8.98. The molecule has 0 aliphatic rings. The summed E-state index contributed by atoms with van der Waals surface area (Å²) >= 11 is 0. The van der Waals surface area contributed by atoms with Crippen LogP contribution in [0, 0.1) is 0 Å². The number of nitrogens with one attached hydrogen (secondary N) is 1. The Morgan fingerprint density at radius 2 is 1.73 bits per heavy atom. The molecule has 3 rings (SSSR count). The van der Waals surface area contributed by atoms with Crippen molar-refractivity contribution >= 4 is 5.91 Å². The molecule has 5 nitrogen and oxygen atoms in total. The Hall–Kier alpha value is -2.95. The lowest BCUT2D eigenvalue weighted by atomic mass is 10.0. The third kappa shape index (κ3) is 4.79. The molecule has 3 aromatic rings. The van der Waals surface area contributed by atoms with E-state index in [1.165, 1.54) is 0 Å². The van der Waals surface area contributed by atoms with Crippen LogP contribution < -0.4 is 5.32 Å². The van der Waals surface area contributed by atoms with Gasteiger partial charge in [0.05, 0.1) is 6.04 Å². The van der Waals surface area contributed by atoms with Gasteiger partial charge in [-0.3, -0.25) is 4.79 Å². The molecule has 1 unspecified atom stereocenters. The number of rotatable bonds is 8. The predicted octanol–water partition coefficient (Wildman–Crippen LogP) is 4.33. The van der Waals surface area contributed by atoms with Gasteiger partial charge in [0.2, 0.25) is 17.7 Å². The lowest BCUT2D eigenvalue weighted by molar-refractivity contribution is -0.121. The standard InChI is InChI=1S/C21H23N3O2/c1-2-9-18(16-10-5-3-6-11-16)22-19(25)14-15-20-23-24-21(26-20)17-12-7-4-8-13-17/h3-8,10-13,18H,2,9,14-15H2,1H3,(H,22,25). The smallest absolute Gasteiger partial charge is 0.247 e. The average Bonchev–Trinajstić information content (AvgIpc) is 3.17. The summed E-state index contributed by atoms with van der Waals surface area (Å²) in [7, 11) is 0. The van der Waals surface area contributed by atoms with Crippen molar-refractivity contribution < 1.29 is 9.21 Å². The van der Waals surface area contributed by atoms with E-state index in [9.17, 15) is 4.79 Å². The van der Waals surface area contributed by atoms with Crippen molar-refractivity contribution in [2.45, 2.75) is 38.6 Å². The van der Waals surface area contributed by atoms with Crippen LogP contribution in [0.1, 0.15) is 43.7 Å². The first-order valence-electron chi connectivity index (χ1n) is 8.98. The maximum absolute atomic E-state index is 12.4. The van der Waals surface area contributed by atoms with Crippen molar-refractivity contribution in [2.24, 2.45) is 0 Å². The maximum atomic E-state index is 12.4. The van der Waals surface area contributed by atoms with E-state index in [1.54, 1.807) is 0 Å². The van der Waals surface area contributed by atoms with E-state index in [2.05, 4.69) is 22.4 Å². The summed E-state index contributed by atoms with van der Waals surface area (Å²) in [5.74, 6) is 0.951. The molecule has 2 aromatic carbocycles. The summed E-state index contributed by atoms with van der Waals surface area (Å²) < 4.78 is 5.65. The number of carbonyl (C=O) groups is 1. The van der Waals surface area contributed by atoms with Gasteiger partial charge in [-0.2, -0.15) is 0 Å². The Morgan fingerprint density at radius 1 is 1.04 bits per heavy atom. The fraction of sp³-hybridized carbons (Fsp3) is 0.286. The van der Waals surface area contributed by atoms with Crippen LogP contribution in [-0.4, -0.2) is 16.1 Å². The molecule has 1 aromatic heterocycles. The molecule has 26 heavy (non-hydrogen) atoms. The minimum absolute atomic E-state index is 0.00763. The second-order valence-electron chi connectivity index (χ2n) is 6.19. The fourth-order valence-corrected chi connectivity index (χ4v) is 2.84. The van der Waals surface area contributed by atoms with Crippen LogP contribution in [0.15, 0.2) is 65.1 Å². The van der Waals surface area contributed by atoms with Gasteiger partial charge in [-0.05, 0) is 24.1 Å². The Morgan fingerprint density at radius 3 is 2.42 bits per heavy atom. The zero-order valence-electron chi connectivity index (χ0n) is 14.9. The number of nitrogens with zero attached hydrogens (tertiary/aromatic N) is 2. The van der Waals surface area contributed by atoms with E-state index in [-0.39, 0.29) is 11.9 Å². The molecular formula is C21H23N3O2. The van der Waals surface area contributed by atoms with E-state index in [0.717, 1.165) is 24.0 Å². The molecule has 1 heterocycles. The van der Waals surface area contributed by atoms with E-state index < -0.39 is 0 Å². The van der Waals surface area contributed by atoms with Crippen molar-refractivity contribution in [3.8, 4) is 11.5 Å². The number of aromatic nitrogens is 2. The number of benzene rings is 2. The number of carbonyl (C=O) groups excluding carboxylic acids is 1. The van der Waals surface area contributed by atoms with E-state index >= 15 is 0 Å². The lowest BCUT2D eigenvalue weighted by Gasteiger charge is -2.18. The van der Waals surface area contributed by atoms with Crippen molar-refractivity contribution in [1.29, 1.82) is 0 Å². The van der Waals surface area contributed by atoms with Gasteiger partial charge in [0, 0.05) is 18.4 Å². The minimum Gasteiger partial charge on any atom is -0.421 e. The monoisotopic (exact) mass is 349 g/mol. The lowest BCUT2D eigenvalue weighted by Crippen LogP contribution is -2.28. The van der Waals surface area contributed by atoms with Gasteiger partial charge < -0.3 is 9.73 Å². The van der Waals surface area contributed by atoms with Crippen LogP contribution in [0.2, 0.25) is 0 Å². The van der Waals surface area contributed by atoms with Crippen molar-refractivity contribution in [2.75, 3.05) is 0 Å². The molecule has 0 radical (unpaired) electrons. The van der Waals surface area contributed by atoms with Crippen LogP contribution in [0.4, 0.5) is 0 Å². The molecule has 5 heteroatoms. The molecule has 0 fully saturated rings. The zero-order chi connectivity index (χ0) is 18.2. The van der Waals surface area contributed by atoms with Gasteiger partial charge in [-0.25, -0.2) is 0 Å². The molecule has 0 saturated heterocycles. The van der Waals surface area contributed by atoms with Gasteiger partial charge in [-0.15, -0.1) is 10.2 Å². The summed E-state index contributed by atoms with van der Waals surface area (Å²) in [4.78, 5) is 12.4. The van der Waals surface area contributed by atoms with Crippen LogP contribution >= 0.6 is 0 Å². The highest BCUT2D eigenvalue weighted by atomic mass is 16.4. The van der Waals surface area contributed by atoms with Gasteiger partial charge in [0.1, 0.15) is 0 Å². The SMILES string of the molecule is CCCC(NC(=O)CCc1nnc(-c2ccccc2)o1)c1ccccc1. The quantitative estimate of drug-likeness (QED) is 0.657. The molecule has 0 spiro atoms. The minimum atomic E-state index is -0.00763. The molecule has 1 N–H and O–H groups in total. The number of hydrogen-bond acceptors (Lipinski definition) is 4. The third-order valence-electron chi connectivity index (χ3n) is 4.17. The van der Waals surface area contributed by atoms with E-state index in [4.69, 9.17) is 4.42 Å². The topological polar surface area (TPSA) is 68.0 Å². The summed E-state index contributed by atoms with van der Waals surface area (Å²) in [6, 6.07) is 19.7.